The number of Topliss-reactive ketones (excluding diaryl/α,β-unsaturated/α-hetero) is 1. The van der Waals surface area contributed by atoms with E-state index in [1.165, 1.54) is 6.92 Å². The van der Waals surface area contributed by atoms with Gasteiger partial charge >= 0.3 is 0 Å². The Bertz CT molecular complexity index is 626. The van der Waals surface area contributed by atoms with Gasteiger partial charge in [0.2, 0.25) is 5.91 Å². The number of hydrogen-bond donors (Lipinski definition) is 1. The van der Waals surface area contributed by atoms with Crippen molar-refractivity contribution in [3.05, 3.63) is 29.8 Å². The fraction of sp³-hybridized carbons (Fsp3) is 0.529. The first kappa shape index (κ1) is 12.9. The maximum Gasteiger partial charge on any atom is 0.234 e. The van der Waals surface area contributed by atoms with Gasteiger partial charge in [0.25, 0.3) is 0 Å². The van der Waals surface area contributed by atoms with E-state index in [2.05, 4.69) is 5.32 Å². The summed E-state index contributed by atoms with van der Waals surface area (Å²) < 4.78 is 6.25. The molecule has 1 saturated heterocycles. The average molecular weight is 285 g/mol. The van der Waals surface area contributed by atoms with Crippen LogP contribution in [0, 0.1) is 11.8 Å². The number of ketones is 1. The minimum atomic E-state index is -0.597. The van der Waals surface area contributed by atoms with Crippen molar-refractivity contribution in [1.82, 2.24) is 5.32 Å². The zero-order chi connectivity index (χ0) is 14.6. The second-order valence-corrected chi connectivity index (χ2v) is 6.49. The van der Waals surface area contributed by atoms with E-state index in [4.69, 9.17) is 4.74 Å². The lowest BCUT2D eigenvalue weighted by atomic mass is 9.61. The standard InChI is InChI=1S/C17H19NO3/c1-10(19)14-15-11-6-2-3-8-13(11)21-17(18-16(14)20)9-5-4-7-12(15)17/h2-3,6,8,12,14-15H,4-5,7,9H2,1H3,(H,18,20)/t12-,14+,15+,17+/m1/s1. The van der Waals surface area contributed by atoms with Gasteiger partial charge in [0.05, 0.1) is 0 Å². The minimum absolute atomic E-state index is 0.0403. The summed E-state index contributed by atoms with van der Waals surface area (Å²) in [4.78, 5) is 24.6. The second kappa shape index (κ2) is 4.33. The number of fused-ring (bicyclic) bond motifs is 2. The van der Waals surface area contributed by atoms with Gasteiger partial charge in [-0.3, -0.25) is 9.59 Å². The van der Waals surface area contributed by atoms with Gasteiger partial charge in [-0.05, 0) is 31.4 Å². The van der Waals surface area contributed by atoms with Crippen LogP contribution >= 0.6 is 0 Å². The summed E-state index contributed by atoms with van der Waals surface area (Å²) >= 11 is 0. The maximum absolute atomic E-state index is 12.5. The van der Waals surface area contributed by atoms with Gasteiger partial charge in [-0.25, -0.2) is 0 Å². The van der Waals surface area contributed by atoms with Crippen LogP contribution < -0.4 is 10.1 Å². The van der Waals surface area contributed by atoms with E-state index in [-0.39, 0.29) is 23.5 Å². The number of amides is 1. The van der Waals surface area contributed by atoms with Gasteiger partial charge in [0.1, 0.15) is 17.5 Å². The van der Waals surface area contributed by atoms with Crippen molar-refractivity contribution in [3.63, 3.8) is 0 Å². The first-order valence-electron chi connectivity index (χ1n) is 7.73. The molecule has 2 heterocycles. The summed E-state index contributed by atoms with van der Waals surface area (Å²) in [5.41, 5.74) is 0.426. The van der Waals surface area contributed by atoms with Crippen molar-refractivity contribution in [2.45, 2.75) is 44.2 Å². The van der Waals surface area contributed by atoms with Crippen LogP contribution in [0.4, 0.5) is 0 Å². The molecule has 1 aromatic rings. The van der Waals surface area contributed by atoms with Crippen molar-refractivity contribution < 1.29 is 14.3 Å². The first-order chi connectivity index (χ1) is 10.1. The molecule has 3 aliphatic rings. The molecule has 4 heteroatoms. The summed E-state index contributed by atoms with van der Waals surface area (Å²) in [6, 6.07) is 7.86. The van der Waals surface area contributed by atoms with E-state index in [1.807, 2.05) is 24.3 Å². The van der Waals surface area contributed by atoms with E-state index in [0.717, 1.165) is 37.0 Å². The van der Waals surface area contributed by atoms with Crippen molar-refractivity contribution in [3.8, 4) is 5.75 Å². The monoisotopic (exact) mass is 285 g/mol. The molecule has 0 spiro atoms. The van der Waals surface area contributed by atoms with Crippen LogP contribution in [0.15, 0.2) is 24.3 Å². The number of benzene rings is 1. The molecule has 4 atom stereocenters. The highest BCUT2D eigenvalue weighted by Gasteiger charge is 2.59. The number of ether oxygens (including phenoxy) is 1. The third-order valence-electron chi connectivity index (χ3n) is 5.33. The fourth-order valence-electron chi connectivity index (χ4n) is 4.51. The third-order valence-corrected chi connectivity index (χ3v) is 5.33. The summed E-state index contributed by atoms with van der Waals surface area (Å²) in [6.45, 7) is 1.53. The van der Waals surface area contributed by atoms with E-state index in [9.17, 15) is 9.59 Å². The molecular formula is C17H19NO3. The predicted octanol–water partition coefficient (Wildman–Crippen LogP) is 2.38. The lowest BCUT2D eigenvalue weighted by Crippen LogP contribution is -2.69. The summed E-state index contributed by atoms with van der Waals surface area (Å²) in [6.07, 6.45) is 4.02. The number of rotatable bonds is 1. The molecule has 1 amide bonds. The molecule has 1 aromatic carbocycles. The number of para-hydroxylation sites is 1. The zero-order valence-electron chi connectivity index (χ0n) is 12.1. The Balaban J connectivity index is 1.92. The zero-order valence-corrected chi connectivity index (χ0v) is 12.1. The summed E-state index contributed by atoms with van der Waals surface area (Å²) in [7, 11) is 0. The van der Waals surface area contributed by atoms with E-state index < -0.39 is 11.6 Å². The first-order valence-corrected chi connectivity index (χ1v) is 7.73. The van der Waals surface area contributed by atoms with Gasteiger partial charge < -0.3 is 10.1 Å². The Morgan fingerprint density at radius 3 is 2.95 bits per heavy atom. The van der Waals surface area contributed by atoms with Crippen LogP contribution in [-0.4, -0.2) is 17.4 Å². The molecule has 4 rings (SSSR count). The number of carbonyl (C=O) groups is 2. The van der Waals surface area contributed by atoms with E-state index >= 15 is 0 Å². The Labute approximate surface area is 123 Å². The topological polar surface area (TPSA) is 55.4 Å². The van der Waals surface area contributed by atoms with Crippen LogP contribution in [-0.2, 0) is 9.59 Å². The number of nitrogens with one attached hydrogen (secondary N) is 1. The normalized spacial score (nSPS) is 36.8. The van der Waals surface area contributed by atoms with Crippen LogP contribution in [0.3, 0.4) is 0 Å². The maximum atomic E-state index is 12.5. The highest BCUT2D eigenvalue weighted by molar-refractivity contribution is 6.02. The molecule has 1 N–H and O–H groups in total. The van der Waals surface area contributed by atoms with Crippen LogP contribution in [0.5, 0.6) is 5.75 Å². The van der Waals surface area contributed by atoms with E-state index in [1.54, 1.807) is 0 Å². The lowest BCUT2D eigenvalue weighted by Gasteiger charge is -2.56. The molecule has 2 aliphatic heterocycles. The van der Waals surface area contributed by atoms with Crippen molar-refractivity contribution in [1.29, 1.82) is 0 Å². The van der Waals surface area contributed by atoms with Crippen molar-refractivity contribution in [2.24, 2.45) is 11.8 Å². The SMILES string of the molecule is CC(=O)[C@@H]1C(=O)N[C@]23CCCC[C@@H]2[C@@H]1c1ccccc1O3. The molecule has 0 aromatic heterocycles. The van der Waals surface area contributed by atoms with Gasteiger partial charge in [0, 0.05) is 18.3 Å². The Hall–Kier alpha value is -1.84. The Morgan fingerprint density at radius 1 is 1.33 bits per heavy atom. The summed E-state index contributed by atoms with van der Waals surface area (Å²) in [5.74, 6) is 0.195. The molecule has 110 valence electrons. The number of carbonyl (C=O) groups excluding carboxylic acids is 2. The Morgan fingerprint density at radius 2 is 2.14 bits per heavy atom. The summed E-state index contributed by atoms with van der Waals surface area (Å²) in [5, 5.41) is 3.05. The molecule has 4 nitrogen and oxygen atoms in total. The molecule has 1 saturated carbocycles. The van der Waals surface area contributed by atoms with Crippen molar-refractivity contribution >= 4 is 11.7 Å². The van der Waals surface area contributed by atoms with Crippen molar-refractivity contribution in [2.75, 3.05) is 0 Å². The van der Waals surface area contributed by atoms with E-state index in [0.29, 0.717) is 0 Å². The number of hydrogen-bond acceptors (Lipinski definition) is 3. The molecule has 2 bridgehead atoms. The van der Waals surface area contributed by atoms with Crippen LogP contribution in [0.1, 0.15) is 44.1 Å². The van der Waals surface area contributed by atoms with Gasteiger partial charge in [-0.2, -0.15) is 0 Å². The second-order valence-electron chi connectivity index (χ2n) is 6.49. The third kappa shape index (κ3) is 1.68. The highest BCUT2D eigenvalue weighted by Crippen LogP contribution is 2.55. The largest absolute Gasteiger partial charge is 0.467 e. The molecule has 1 aliphatic carbocycles. The minimum Gasteiger partial charge on any atom is -0.467 e. The molecule has 0 radical (unpaired) electrons. The quantitative estimate of drug-likeness (QED) is 0.806. The fourth-order valence-corrected chi connectivity index (χ4v) is 4.51. The smallest absolute Gasteiger partial charge is 0.234 e. The average Bonchev–Trinajstić information content (AvgIpc) is 2.45. The van der Waals surface area contributed by atoms with Gasteiger partial charge in [-0.15, -0.1) is 0 Å². The van der Waals surface area contributed by atoms with Gasteiger partial charge in [-0.1, -0.05) is 24.6 Å². The van der Waals surface area contributed by atoms with Crippen LogP contribution in [0.25, 0.3) is 0 Å². The molecular weight excluding hydrogens is 266 g/mol. The highest BCUT2D eigenvalue weighted by atomic mass is 16.5. The van der Waals surface area contributed by atoms with Gasteiger partial charge in [0.15, 0.2) is 5.72 Å². The molecule has 21 heavy (non-hydrogen) atoms. The lowest BCUT2D eigenvalue weighted by molar-refractivity contribution is -0.160. The van der Waals surface area contributed by atoms with Crippen LogP contribution in [0.2, 0.25) is 0 Å². The predicted molar refractivity (Wildman–Crippen MR) is 76.8 cm³/mol. The molecule has 2 fully saturated rings. The molecule has 0 unspecified atom stereocenters. The Kier molecular flexibility index (Phi) is 2.65. The number of piperidine rings is 1.